The van der Waals surface area contributed by atoms with E-state index in [9.17, 15) is 13.2 Å². The van der Waals surface area contributed by atoms with Gasteiger partial charge in [0.15, 0.2) is 17.4 Å². The number of methoxy groups -OCH3 is 1. The Morgan fingerprint density at radius 2 is 1.38 bits per heavy atom. The highest BCUT2D eigenvalue weighted by atomic mass is 19.2. The van der Waals surface area contributed by atoms with Gasteiger partial charge in [0.25, 0.3) is 0 Å². The molecule has 0 radical (unpaired) electrons. The minimum Gasteiger partial charge on any atom is -0.493 e. The lowest BCUT2D eigenvalue weighted by Crippen LogP contribution is -2.02. The van der Waals surface area contributed by atoms with Crippen molar-refractivity contribution in [3.63, 3.8) is 0 Å². The van der Waals surface area contributed by atoms with Crippen molar-refractivity contribution < 1.29 is 17.9 Å². The van der Waals surface area contributed by atoms with E-state index < -0.39 is 17.5 Å². The number of rotatable bonds is 1. The van der Waals surface area contributed by atoms with Crippen LogP contribution in [-0.4, -0.2) is 7.11 Å². The van der Waals surface area contributed by atoms with Gasteiger partial charge in [0.05, 0.1) is 7.11 Å². The van der Waals surface area contributed by atoms with Crippen LogP contribution in [0.4, 0.5) is 13.2 Å². The maximum absolute atomic E-state index is 13.0. The molecule has 0 aliphatic carbocycles. The molecule has 1 nitrogen and oxygen atoms in total. The highest BCUT2D eigenvalue weighted by Crippen LogP contribution is 2.29. The second-order valence-electron chi connectivity index (χ2n) is 2.73. The smallest absolute Gasteiger partial charge is 0.203 e. The predicted molar refractivity (Wildman–Crippen MR) is 42.3 cm³/mol. The molecule has 0 aliphatic rings. The van der Waals surface area contributed by atoms with Crippen LogP contribution >= 0.6 is 0 Å². The third-order valence-electron chi connectivity index (χ3n) is 2.02. The topological polar surface area (TPSA) is 9.23 Å². The van der Waals surface area contributed by atoms with Crippen LogP contribution < -0.4 is 4.74 Å². The third-order valence-corrected chi connectivity index (χ3v) is 2.02. The molecule has 0 spiro atoms. The molecule has 0 fully saturated rings. The average Bonchev–Trinajstić information content (AvgIpc) is 2.13. The van der Waals surface area contributed by atoms with Gasteiger partial charge in [0.2, 0.25) is 5.82 Å². The lowest BCUT2D eigenvalue weighted by Gasteiger charge is -2.10. The van der Waals surface area contributed by atoms with Gasteiger partial charge < -0.3 is 4.74 Å². The molecule has 1 rings (SSSR count). The van der Waals surface area contributed by atoms with Gasteiger partial charge in [-0.25, -0.2) is 8.78 Å². The lowest BCUT2D eigenvalue weighted by molar-refractivity contribution is 0.356. The first-order valence-corrected chi connectivity index (χ1v) is 3.68. The van der Waals surface area contributed by atoms with Crippen LogP contribution in [0, 0.1) is 31.3 Å². The molecule has 0 unspecified atom stereocenters. The first-order chi connectivity index (χ1) is 6.00. The van der Waals surface area contributed by atoms with Gasteiger partial charge in [-0.05, 0) is 19.4 Å². The summed E-state index contributed by atoms with van der Waals surface area (Å²) < 4.78 is 43.3. The summed E-state index contributed by atoms with van der Waals surface area (Å²) in [6.45, 7) is 2.84. The monoisotopic (exact) mass is 190 g/mol. The van der Waals surface area contributed by atoms with Crippen LogP contribution in [0.25, 0.3) is 0 Å². The largest absolute Gasteiger partial charge is 0.493 e. The van der Waals surface area contributed by atoms with E-state index in [1.807, 2.05) is 0 Å². The second kappa shape index (κ2) is 3.28. The van der Waals surface area contributed by atoms with E-state index in [4.69, 9.17) is 0 Å². The molecule has 0 aromatic heterocycles. The summed E-state index contributed by atoms with van der Waals surface area (Å²) in [4.78, 5) is 0. The van der Waals surface area contributed by atoms with E-state index in [0.717, 1.165) is 0 Å². The number of hydrogen-bond acceptors (Lipinski definition) is 1. The third kappa shape index (κ3) is 1.36. The Balaban J connectivity index is 3.56. The number of halogens is 3. The number of hydrogen-bond donors (Lipinski definition) is 0. The van der Waals surface area contributed by atoms with Gasteiger partial charge in [-0.1, -0.05) is 0 Å². The summed E-state index contributed by atoms with van der Waals surface area (Å²) in [5.41, 5.74) is 0.342. The van der Waals surface area contributed by atoms with Crippen molar-refractivity contribution in [1.82, 2.24) is 0 Å². The standard InChI is InChI=1S/C9H9F3O/c1-4-5(2)9(13-3)8(12)7(11)6(4)10/h1-3H3. The molecule has 0 saturated carbocycles. The quantitative estimate of drug-likeness (QED) is 0.618. The minimum absolute atomic E-state index is 0.0655. The predicted octanol–water partition coefficient (Wildman–Crippen LogP) is 2.73. The van der Waals surface area contributed by atoms with Crippen molar-refractivity contribution in [1.29, 1.82) is 0 Å². The summed E-state index contributed by atoms with van der Waals surface area (Å²) in [5, 5.41) is 0. The fourth-order valence-electron chi connectivity index (χ4n) is 1.10. The van der Waals surface area contributed by atoms with E-state index in [-0.39, 0.29) is 16.9 Å². The van der Waals surface area contributed by atoms with Crippen LogP contribution in [0.2, 0.25) is 0 Å². The van der Waals surface area contributed by atoms with Crippen LogP contribution in [0.3, 0.4) is 0 Å². The van der Waals surface area contributed by atoms with Gasteiger partial charge in [-0.2, -0.15) is 4.39 Å². The molecule has 1 aromatic carbocycles. The van der Waals surface area contributed by atoms with Gasteiger partial charge >= 0.3 is 0 Å². The first-order valence-electron chi connectivity index (χ1n) is 3.68. The van der Waals surface area contributed by atoms with E-state index in [2.05, 4.69) is 4.74 Å². The maximum Gasteiger partial charge on any atom is 0.203 e. The summed E-state index contributed by atoms with van der Waals surface area (Å²) in [5.74, 6) is -4.16. The SMILES string of the molecule is COc1c(C)c(C)c(F)c(F)c1F. The Morgan fingerprint density at radius 3 is 1.85 bits per heavy atom. The molecule has 0 amide bonds. The van der Waals surface area contributed by atoms with Crippen LogP contribution in [0.15, 0.2) is 0 Å². The fourth-order valence-corrected chi connectivity index (χ4v) is 1.10. The Hall–Kier alpha value is -1.19. The van der Waals surface area contributed by atoms with E-state index in [1.54, 1.807) is 0 Å². The van der Waals surface area contributed by atoms with Crippen molar-refractivity contribution in [3.05, 3.63) is 28.6 Å². The van der Waals surface area contributed by atoms with Gasteiger partial charge in [0.1, 0.15) is 0 Å². The zero-order valence-corrected chi connectivity index (χ0v) is 7.54. The van der Waals surface area contributed by atoms with Crippen LogP contribution in [0.1, 0.15) is 11.1 Å². The number of benzene rings is 1. The van der Waals surface area contributed by atoms with Crippen molar-refractivity contribution >= 4 is 0 Å². The van der Waals surface area contributed by atoms with Crippen LogP contribution in [0.5, 0.6) is 5.75 Å². The molecule has 0 bridgehead atoms. The highest BCUT2D eigenvalue weighted by molar-refractivity contribution is 5.41. The summed E-state index contributed by atoms with van der Waals surface area (Å²) in [7, 11) is 1.21. The lowest BCUT2D eigenvalue weighted by atomic mass is 10.1. The molecule has 13 heavy (non-hydrogen) atoms. The zero-order chi connectivity index (χ0) is 10.2. The molecule has 72 valence electrons. The summed E-state index contributed by atoms with van der Waals surface area (Å²) >= 11 is 0. The van der Waals surface area contributed by atoms with Gasteiger partial charge in [-0.15, -0.1) is 0 Å². The molecule has 4 heteroatoms. The normalized spacial score (nSPS) is 10.3. The summed E-state index contributed by atoms with van der Waals surface area (Å²) in [6.07, 6.45) is 0. The Labute approximate surface area is 74.1 Å². The molecular formula is C9H9F3O. The molecule has 0 heterocycles. The Kier molecular flexibility index (Phi) is 2.50. The fraction of sp³-hybridized carbons (Fsp3) is 0.333. The molecule has 0 atom stereocenters. The second-order valence-corrected chi connectivity index (χ2v) is 2.73. The molecular weight excluding hydrogens is 181 g/mol. The van der Waals surface area contributed by atoms with E-state index in [1.165, 1.54) is 21.0 Å². The zero-order valence-electron chi connectivity index (χ0n) is 7.54. The Bertz CT molecular complexity index is 318. The van der Waals surface area contributed by atoms with Crippen LogP contribution in [-0.2, 0) is 0 Å². The van der Waals surface area contributed by atoms with Crippen molar-refractivity contribution in [2.75, 3.05) is 7.11 Å². The first kappa shape index (κ1) is 9.89. The average molecular weight is 190 g/mol. The highest BCUT2D eigenvalue weighted by Gasteiger charge is 2.20. The van der Waals surface area contributed by atoms with Gasteiger partial charge in [-0.3, -0.25) is 0 Å². The van der Waals surface area contributed by atoms with E-state index in [0.29, 0.717) is 0 Å². The van der Waals surface area contributed by atoms with Crippen molar-refractivity contribution in [2.45, 2.75) is 13.8 Å². The van der Waals surface area contributed by atoms with Gasteiger partial charge in [0, 0.05) is 5.56 Å². The number of ether oxygens (including phenoxy) is 1. The van der Waals surface area contributed by atoms with E-state index >= 15 is 0 Å². The molecule has 0 N–H and O–H groups in total. The van der Waals surface area contributed by atoms with Crippen molar-refractivity contribution in [2.24, 2.45) is 0 Å². The maximum atomic E-state index is 13.0. The Morgan fingerprint density at radius 1 is 0.846 bits per heavy atom. The molecule has 1 aromatic rings. The minimum atomic E-state index is -1.49. The van der Waals surface area contributed by atoms with Crippen molar-refractivity contribution in [3.8, 4) is 5.75 Å². The molecule has 0 aliphatic heterocycles. The molecule has 0 saturated heterocycles. The summed E-state index contributed by atoms with van der Waals surface area (Å²) in [6, 6.07) is 0.